The number of amides is 1. The maximum absolute atomic E-state index is 14.1. The zero-order valence-electron chi connectivity index (χ0n) is 25.1. The predicted octanol–water partition coefficient (Wildman–Crippen LogP) is 7.29. The van der Waals surface area contributed by atoms with E-state index < -0.39 is 17.8 Å². The molecule has 8 nitrogen and oxygen atoms in total. The molecule has 0 aliphatic rings. The molecule has 0 spiro atoms. The monoisotopic (exact) mass is 627 g/mol. The number of unbranched alkanes of at least 4 members (excludes halogenated alkanes) is 3. The summed E-state index contributed by atoms with van der Waals surface area (Å²) in [5, 5.41) is 18.1. The van der Waals surface area contributed by atoms with Crippen LogP contribution in [0.5, 0.6) is 11.5 Å². The summed E-state index contributed by atoms with van der Waals surface area (Å²) in [5.41, 5.74) is 3.56. The second kappa shape index (κ2) is 17.3. The Morgan fingerprint density at radius 2 is 1.52 bits per heavy atom. The summed E-state index contributed by atoms with van der Waals surface area (Å²) >= 11 is 5.85. The summed E-state index contributed by atoms with van der Waals surface area (Å²) in [6, 6.07) is 15.3. The van der Waals surface area contributed by atoms with E-state index in [2.05, 4.69) is 0 Å². The number of benzene rings is 3. The van der Waals surface area contributed by atoms with E-state index in [9.17, 15) is 23.9 Å². The SMILES string of the molecule is CN(C)C(=O)c1cc(OCCCCCCc2cccc(OCCCC(=O)O)c2CCC(=O)O)cc(-c2ccc(Cl)c(F)c2)c1. The fourth-order valence-corrected chi connectivity index (χ4v) is 4.89. The van der Waals surface area contributed by atoms with Gasteiger partial charge in [-0.05, 0) is 90.8 Å². The largest absolute Gasteiger partial charge is 0.494 e. The van der Waals surface area contributed by atoms with E-state index >= 15 is 0 Å². The van der Waals surface area contributed by atoms with Gasteiger partial charge in [0.25, 0.3) is 5.91 Å². The van der Waals surface area contributed by atoms with Crippen LogP contribution >= 0.6 is 11.6 Å². The second-order valence-electron chi connectivity index (χ2n) is 10.7. The molecule has 0 aliphatic carbocycles. The molecule has 2 N–H and O–H groups in total. The molecule has 3 aromatic carbocycles. The summed E-state index contributed by atoms with van der Waals surface area (Å²) in [6.45, 7) is 0.692. The number of aryl methyl sites for hydroxylation is 1. The van der Waals surface area contributed by atoms with Crippen LogP contribution in [0.3, 0.4) is 0 Å². The number of carboxylic acid groups (broad SMARTS) is 2. The van der Waals surface area contributed by atoms with Gasteiger partial charge in [-0.3, -0.25) is 14.4 Å². The first kappa shape index (κ1) is 34.4. The maximum atomic E-state index is 14.1. The van der Waals surface area contributed by atoms with Gasteiger partial charge in [-0.15, -0.1) is 0 Å². The summed E-state index contributed by atoms with van der Waals surface area (Å²) in [6.07, 6.45) is 4.98. The number of carboxylic acids is 2. The van der Waals surface area contributed by atoms with Crippen molar-refractivity contribution in [3.05, 3.63) is 82.1 Å². The molecule has 0 aromatic heterocycles. The van der Waals surface area contributed by atoms with Crippen LogP contribution in [0, 0.1) is 5.82 Å². The molecule has 0 radical (unpaired) electrons. The average Bonchev–Trinajstić information content (AvgIpc) is 2.98. The van der Waals surface area contributed by atoms with Crippen LogP contribution in [0.2, 0.25) is 5.02 Å². The third-order valence-electron chi connectivity index (χ3n) is 7.03. The van der Waals surface area contributed by atoms with Crippen LogP contribution in [-0.4, -0.2) is 60.3 Å². The average molecular weight is 628 g/mol. The Morgan fingerprint density at radius 1 is 0.795 bits per heavy atom. The zero-order valence-corrected chi connectivity index (χ0v) is 25.9. The Hall–Kier alpha value is -4.11. The van der Waals surface area contributed by atoms with Crippen molar-refractivity contribution in [3.63, 3.8) is 0 Å². The smallest absolute Gasteiger partial charge is 0.303 e. The molecule has 236 valence electrons. The molecule has 0 saturated carbocycles. The molecular weight excluding hydrogens is 589 g/mol. The van der Waals surface area contributed by atoms with Gasteiger partial charge in [-0.2, -0.15) is 0 Å². The number of carbonyl (C=O) groups excluding carboxylic acids is 1. The molecule has 0 heterocycles. The van der Waals surface area contributed by atoms with Gasteiger partial charge in [-0.25, -0.2) is 4.39 Å². The molecular formula is C34H39ClFNO7. The third-order valence-corrected chi connectivity index (χ3v) is 7.34. The minimum Gasteiger partial charge on any atom is -0.494 e. The van der Waals surface area contributed by atoms with Gasteiger partial charge in [0.05, 0.1) is 18.2 Å². The molecule has 0 bridgehead atoms. The Balaban J connectivity index is 1.56. The quantitative estimate of drug-likeness (QED) is 0.142. The molecule has 0 aliphatic heterocycles. The van der Waals surface area contributed by atoms with Crippen LogP contribution in [0.25, 0.3) is 11.1 Å². The summed E-state index contributed by atoms with van der Waals surface area (Å²) in [5.74, 6) is -1.38. The van der Waals surface area contributed by atoms with E-state index in [0.29, 0.717) is 47.6 Å². The van der Waals surface area contributed by atoms with E-state index in [1.54, 1.807) is 44.4 Å². The van der Waals surface area contributed by atoms with Gasteiger partial charge in [0.15, 0.2) is 0 Å². The number of hydrogen-bond donors (Lipinski definition) is 2. The van der Waals surface area contributed by atoms with Crippen molar-refractivity contribution in [1.82, 2.24) is 4.90 Å². The topological polar surface area (TPSA) is 113 Å². The number of aliphatic carboxylic acids is 2. The first-order chi connectivity index (χ1) is 21.0. The van der Waals surface area contributed by atoms with E-state index in [1.807, 2.05) is 12.1 Å². The molecule has 44 heavy (non-hydrogen) atoms. The summed E-state index contributed by atoms with van der Waals surface area (Å²) in [4.78, 5) is 36.2. The number of rotatable bonds is 18. The standard InChI is InChI=1S/C34H39ClFNO7/c1-37(2)34(42)26-19-25(24-13-15-29(35)30(36)22-24)20-27(21-26)43-17-6-4-3-5-9-23-10-7-11-31(28(23)14-16-33(40)41)44-18-8-12-32(38)39/h7,10-11,13,15,19-22H,3-6,8-9,12,14,16-18H2,1-2H3,(H,38,39)(H,40,41). The minimum atomic E-state index is -0.888. The van der Waals surface area contributed by atoms with Gasteiger partial charge in [0.1, 0.15) is 17.3 Å². The van der Waals surface area contributed by atoms with Crippen molar-refractivity contribution in [2.45, 2.75) is 57.8 Å². The summed E-state index contributed by atoms with van der Waals surface area (Å²) < 4.78 is 26.0. The lowest BCUT2D eigenvalue weighted by molar-refractivity contribution is -0.138. The first-order valence-corrected chi connectivity index (χ1v) is 15.0. The highest BCUT2D eigenvalue weighted by Gasteiger charge is 2.14. The predicted molar refractivity (Wildman–Crippen MR) is 167 cm³/mol. The van der Waals surface area contributed by atoms with E-state index in [-0.39, 0.29) is 30.4 Å². The molecule has 1 amide bonds. The number of halogens is 2. The van der Waals surface area contributed by atoms with Crippen molar-refractivity contribution < 1.29 is 38.5 Å². The van der Waals surface area contributed by atoms with Gasteiger partial charge < -0.3 is 24.6 Å². The highest BCUT2D eigenvalue weighted by atomic mass is 35.5. The summed E-state index contributed by atoms with van der Waals surface area (Å²) in [7, 11) is 3.33. The normalized spacial score (nSPS) is 10.8. The maximum Gasteiger partial charge on any atom is 0.303 e. The highest BCUT2D eigenvalue weighted by molar-refractivity contribution is 6.30. The molecule has 3 aromatic rings. The third kappa shape index (κ3) is 10.9. The van der Waals surface area contributed by atoms with E-state index in [4.69, 9.17) is 26.2 Å². The van der Waals surface area contributed by atoms with Crippen LogP contribution < -0.4 is 9.47 Å². The first-order valence-electron chi connectivity index (χ1n) is 14.7. The molecule has 0 fully saturated rings. The van der Waals surface area contributed by atoms with Crippen LogP contribution in [0.1, 0.15) is 66.4 Å². The van der Waals surface area contributed by atoms with Crippen LogP contribution in [-0.2, 0) is 22.4 Å². The Bertz CT molecular complexity index is 1440. The number of carbonyl (C=O) groups is 3. The Labute approximate surface area is 262 Å². The zero-order chi connectivity index (χ0) is 32.1. The van der Waals surface area contributed by atoms with Crippen molar-refractivity contribution in [2.24, 2.45) is 0 Å². The Kier molecular flexibility index (Phi) is 13.5. The lowest BCUT2D eigenvalue weighted by Crippen LogP contribution is -2.21. The lowest BCUT2D eigenvalue weighted by atomic mass is 9.97. The number of hydrogen-bond acceptors (Lipinski definition) is 5. The highest BCUT2D eigenvalue weighted by Crippen LogP contribution is 2.30. The second-order valence-corrected chi connectivity index (χ2v) is 11.1. The van der Waals surface area contributed by atoms with Crippen molar-refractivity contribution in [2.75, 3.05) is 27.3 Å². The van der Waals surface area contributed by atoms with Gasteiger partial charge in [0, 0.05) is 32.5 Å². The fraction of sp³-hybridized carbons (Fsp3) is 0.382. The number of nitrogens with zero attached hydrogens (tertiary/aromatic N) is 1. The van der Waals surface area contributed by atoms with Gasteiger partial charge in [-0.1, -0.05) is 42.6 Å². The number of ether oxygens (including phenoxy) is 2. The van der Waals surface area contributed by atoms with Crippen molar-refractivity contribution in [1.29, 1.82) is 0 Å². The molecule has 0 unspecified atom stereocenters. The van der Waals surface area contributed by atoms with Crippen molar-refractivity contribution >= 4 is 29.4 Å². The Morgan fingerprint density at radius 3 is 2.23 bits per heavy atom. The molecule has 10 heteroatoms. The molecule has 3 rings (SSSR count). The minimum absolute atomic E-state index is 0.0109. The van der Waals surface area contributed by atoms with E-state index in [1.165, 1.54) is 17.0 Å². The van der Waals surface area contributed by atoms with Gasteiger partial charge >= 0.3 is 11.9 Å². The van der Waals surface area contributed by atoms with Gasteiger partial charge in [0.2, 0.25) is 0 Å². The fourth-order valence-electron chi connectivity index (χ4n) is 4.77. The molecule has 0 atom stereocenters. The van der Waals surface area contributed by atoms with Crippen molar-refractivity contribution in [3.8, 4) is 22.6 Å². The lowest BCUT2D eigenvalue weighted by Gasteiger charge is -2.16. The van der Waals surface area contributed by atoms with E-state index in [0.717, 1.165) is 43.2 Å². The molecule has 0 saturated heterocycles. The van der Waals surface area contributed by atoms with Crippen LogP contribution in [0.4, 0.5) is 4.39 Å². The van der Waals surface area contributed by atoms with Crippen LogP contribution in [0.15, 0.2) is 54.6 Å².